The van der Waals surface area contributed by atoms with E-state index in [-0.39, 0.29) is 23.7 Å². The molecule has 0 radical (unpaired) electrons. The quantitative estimate of drug-likeness (QED) is 0.580. The fourth-order valence-corrected chi connectivity index (χ4v) is 2.96. The minimum atomic E-state index is -4.66. The maximum absolute atomic E-state index is 13.6. The van der Waals surface area contributed by atoms with Crippen LogP contribution in [0.15, 0.2) is 59.4 Å². The van der Waals surface area contributed by atoms with Crippen molar-refractivity contribution in [1.29, 1.82) is 0 Å². The van der Waals surface area contributed by atoms with E-state index in [4.69, 9.17) is 4.74 Å². The van der Waals surface area contributed by atoms with Crippen molar-refractivity contribution in [3.05, 3.63) is 87.6 Å². The largest absolute Gasteiger partial charge is 0.488 e. The van der Waals surface area contributed by atoms with E-state index in [0.29, 0.717) is 0 Å². The number of nitrogens with zero attached hydrogens (tertiary/aromatic N) is 2. The van der Waals surface area contributed by atoms with Gasteiger partial charge in [0.1, 0.15) is 6.61 Å². The number of aromatic nitrogens is 2. The molecule has 10 heteroatoms. The van der Waals surface area contributed by atoms with E-state index in [9.17, 15) is 27.2 Å². The number of para-hydroxylation sites is 2. The van der Waals surface area contributed by atoms with Gasteiger partial charge in [-0.25, -0.2) is 9.07 Å². The van der Waals surface area contributed by atoms with Crippen LogP contribution in [0.1, 0.15) is 28.7 Å². The molecular formula is C22H19F4N3O3. The molecule has 1 atom stereocenters. The minimum absolute atomic E-state index is 0.00632. The Labute approximate surface area is 180 Å². The van der Waals surface area contributed by atoms with Gasteiger partial charge in [-0.1, -0.05) is 24.3 Å². The minimum Gasteiger partial charge on any atom is -0.488 e. The lowest BCUT2D eigenvalue weighted by atomic mass is 10.1. The Balaban J connectivity index is 1.84. The number of hydrogen-bond donors (Lipinski definition) is 1. The number of hydrogen-bond acceptors (Lipinski definition) is 4. The highest BCUT2D eigenvalue weighted by atomic mass is 19.4. The number of ether oxygens (including phenoxy) is 1. The summed E-state index contributed by atoms with van der Waals surface area (Å²) in [4.78, 5) is 24.9. The van der Waals surface area contributed by atoms with Crippen LogP contribution in [-0.2, 0) is 6.18 Å². The van der Waals surface area contributed by atoms with Gasteiger partial charge in [0.2, 0.25) is 5.43 Å². The average molecular weight is 449 g/mol. The number of carbonyl (C=O) groups is 1. The molecule has 3 rings (SSSR count). The van der Waals surface area contributed by atoms with Crippen LogP contribution in [0.3, 0.4) is 0 Å². The number of carbonyl (C=O) groups excluding carboxylic acids is 1. The van der Waals surface area contributed by atoms with Crippen molar-refractivity contribution in [3.8, 4) is 11.4 Å². The summed E-state index contributed by atoms with van der Waals surface area (Å²) in [5, 5.41) is 6.38. The average Bonchev–Trinajstić information content (AvgIpc) is 2.72. The normalized spacial score (nSPS) is 12.3. The van der Waals surface area contributed by atoms with Crippen LogP contribution < -0.4 is 15.5 Å². The molecule has 0 aliphatic rings. The van der Waals surface area contributed by atoms with Crippen molar-refractivity contribution < 1.29 is 27.1 Å². The van der Waals surface area contributed by atoms with Gasteiger partial charge in [0.05, 0.1) is 17.3 Å². The van der Waals surface area contributed by atoms with Crippen molar-refractivity contribution in [2.24, 2.45) is 0 Å². The number of amides is 1. The molecule has 1 N–H and O–H groups in total. The van der Waals surface area contributed by atoms with E-state index < -0.39 is 40.6 Å². The predicted octanol–water partition coefficient (Wildman–Crippen LogP) is 3.90. The summed E-state index contributed by atoms with van der Waals surface area (Å²) in [6.45, 7) is 2.86. The van der Waals surface area contributed by atoms with E-state index in [1.807, 2.05) is 0 Å². The Hall–Kier alpha value is -3.69. The predicted molar refractivity (Wildman–Crippen MR) is 108 cm³/mol. The second-order valence-electron chi connectivity index (χ2n) is 7.04. The molecule has 0 saturated heterocycles. The molecule has 3 aromatic rings. The van der Waals surface area contributed by atoms with Crippen molar-refractivity contribution in [2.45, 2.75) is 26.1 Å². The summed E-state index contributed by atoms with van der Waals surface area (Å²) in [6, 6.07) is 10.8. The summed E-state index contributed by atoms with van der Waals surface area (Å²) in [6.07, 6.45) is -4.66. The first kappa shape index (κ1) is 23.0. The van der Waals surface area contributed by atoms with Gasteiger partial charge in [-0.15, -0.1) is 0 Å². The number of benzene rings is 2. The molecule has 6 nitrogen and oxygen atoms in total. The number of alkyl halides is 3. The lowest BCUT2D eigenvalue weighted by Crippen LogP contribution is -2.40. The molecule has 0 saturated carbocycles. The van der Waals surface area contributed by atoms with Gasteiger partial charge in [-0.2, -0.15) is 18.3 Å². The smallest absolute Gasteiger partial charge is 0.418 e. The monoisotopic (exact) mass is 449 g/mol. The van der Waals surface area contributed by atoms with Gasteiger partial charge < -0.3 is 10.1 Å². The second kappa shape index (κ2) is 9.21. The summed E-state index contributed by atoms with van der Waals surface area (Å²) < 4.78 is 60.1. The molecule has 168 valence electrons. The Morgan fingerprint density at radius 3 is 2.50 bits per heavy atom. The number of halogens is 4. The molecule has 0 aliphatic carbocycles. The van der Waals surface area contributed by atoms with Gasteiger partial charge in [-0.05, 0) is 38.1 Å². The van der Waals surface area contributed by atoms with Gasteiger partial charge >= 0.3 is 6.18 Å². The van der Waals surface area contributed by atoms with Crippen LogP contribution in [0.4, 0.5) is 17.6 Å². The topological polar surface area (TPSA) is 73.2 Å². The molecular weight excluding hydrogens is 430 g/mol. The van der Waals surface area contributed by atoms with E-state index in [1.54, 1.807) is 13.0 Å². The van der Waals surface area contributed by atoms with Crippen LogP contribution >= 0.6 is 0 Å². The van der Waals surface area contributed by atoms with Crippen LogP contribution in [0.5, 0.6) is 5.75 Å². The van der Waals surface area contributed by atoms with Crippen LogP contribution in [0, 0.1) is 12.7 Å². The lowest BCUT2D eigenvalue weighted by Gasteiger charge is -2.18. The molecule has 0 unspecified atom stereocenters. The molecule has 0 spiro atoms. The first-order chi connectivity index (χ1) is 15.1. The maximum Gasteiger partial charge on any atom is 0.418 e. The molecule has 0 fully saturated rings. The zero-order valence-corrected chi connectivity index (χ0v) is 17.1. The fourth-order valence-electron chi connectivity index (χ4n) is 2.96. The van der Waals surface area contributed by atoms with Crippen molar-refractivity contribution in [1.82, 2.24) is 15.1 Å². The van der Waals surface area contributed by atoms with Crippen LogP contribution in [0.25, 0.3) is 5.69 Å². The van der Waals surface area contributed by atoms with E-state index in [2.05, 4.69) is 10.4 Å². The molecule has 0 aliphatic heterocycles. The molecule has 32 heavy (non-hydrogen) atoms. The molecule has 1 amide bonds. The van der Waals surface area contributed by atoms with Crippen molar-refractivity contribution in [2.75, 3.05) is 6.61 Å². The first-order valence-electron chi connectivity index (χ1n) is 9.53. The van der Waals surface area contributed by atoms with Crippen molar-refractivity contribution >= 4 is 5.91 Å². The van der Waals surface area contributed by atoms with E-state index >= 15 is 0 Å². The zero-order chi connectivity index (χ0) is 23.5. The third kappa shape index (κ3) is 5.13. The van der Waals surface area contributed by atoms with Crippen molar-refractivity contribution in [3.63, 3.8) is 0 Å². The highest BCUT2D eigenvalue weighted by molar-refractivity contribution is 5.92. The second-order valence-corrected chi connectivity index (χ2v) is 7.04. The third-order valence-electron chi connectivity index (χ3n) is 4.46. The van der Waals surface area contributed by atoms with Gasteiger partial charge in [0.15, 0.2) is 17.3 Å². The summed E-state index contributed by atoms with van der Waals surface area (Å²) in [7, 11) is 0. The highest BCUT2D eigenvalue weighted by Gasteiger charge is 2.34. The maximum atomic E-state index is 13.6. The number of nitrogens with one attached hydrogen (secondary N) is 1. The summed E-state index contributed by atoms with van der Waals surface area (Å²) in [5.74, 6) is -1.47. The SMILES string of the molecule is Cc1cc(=O)c(C(=O)N[C@H](C)COc2ccccc2F)nn1-c1ccccc1C(F)(F)F. The molecule has 0 bridgehead atoms. The Morgan fingerprint density at radius 1 is 1.16 bits per heavy atom. The Bertz CT molecular complexity index is 1190. The lowest BCUT2D eigenvalue weighted by molar-refractivity contribution is -0.137. The molecule has 2 aromatic carbocycles. The fraction of sp³-hybridized carbons (Fsp3) is 0.227. The first-order valence-corrected chi connectivity index (χ1v) is 9.53. The Morgan fingerprint density at radius 2 is 1.81 bits per heavy atom. The van der Waals surface area contributed by atoms with E-state index in [1.165, 1.54) is 43.3 Å². The highest BCUT2D eigenvalue weighted by Crippen LogP contribution is 2.33. The van der Waals surface area contributed by atoms with E-state index in [0.717, 1.165) is 16.8 Å². The van der Waals surface area contributed by atoms with Crippen LogP contribution in [-0.4, -0.2) is 28.3 Å². The molecule has 1 aromatic heterocycles. The summed E-state index contributed by atoms with van der Waals surface area (Å²) >= 11 is 0. The van der Waals surface area contributed by atoms with Gasteiger partial charge in [0, 0.05) is 11.8 Å². The number of aryl methyl sites for hydroxylation is 1. The Kier molecular flexibility index (Phi) is 6.61. The standard InChI is InChI=1S/C22H19F4N3O3/c1-13(12-32-19-10-6-4-8-16(19)23)27-21(31)20-18(30)11-14(2)29(28-20)17-9-5-3-7-15(17)22(24,25)26/h3-11,13H,12H2,1-2H3,(H,27,31)/t13-/m1/s1. The van der Waals surface area contributed by atoms with Gasteiger partial charge in [0.25, 0.3) is 5.91 Å². The molecule has 1 heterocycles. The third-order valence-corrected chi connectivity index (χ3v) is 4.46. The number of rotatable bonds is 6. The van der Waals surface area contributed by atoms with Gasteiger partial charge in [-0.3, -0.25) is 9.59 Å². The summed E-state index contributed by atoms with van der Waals surface area (Å²) in [5.41, 5.74) is -2.48. The zero-order valence-electron chi connectivity index (χ0n) is 17.1. The van der Waals surface area contributed by atoms with Crippen LogP contribution in [0.2, 0.25) is 0 Å².